The quantitative estimate of drug-likeness (QED) is 0.689. The predicted molar refractivity (Wildman–Crippen MR) is 75.6 cm³/mol. The summed E-state index contributed by atoms with van der Waals surface area (Å²) in [5.41, 5.74) is 1.03. The summed E-state index contributed by atoms with van der Waals surface area (Å²) in [6.45, 7) is 5.97. The zero-order valence-corrected chi connectivity index (χ0v) is 12.4. The SMILES string of the molecule is Cc1cnc(C(=O)Nc2nnc(SC(C)C)s2)cn1. The molecule has 2 heterocycles. The molecule has 0 radical (unpaired) electrons. The van der Waals surface area contributed by atoms with Crippen LogP contribution in [0.1, 0.15) is 30.0 Å². The molecule has 1 amide bonds. The summed E-state index contributed by atoms with van der Waals surface area (Å²) in [6, 6.07) is 0. The average molecular weight is 295 g/mol. The number of nitrogens with zero attached hydrogens (tertiary/aromatic N) is 4. The molecule has 0 spiro atoms. The van der Waals surface area contributed by atoms with Crippen LogP contribution < -0.4 is 5.32 Å². The second kappa shape index (κ2) is 6.07. The number of amides is 1. The molecular formula is C11H13N5OS2. The lowest BCUT2D eigenvalue weighted by atomic mass is 10.4. The van der Waals surface area contributed by atoms with Gasteiger partial charge in [0.05, 0.1) is 11.9 Å². The van der Waals surface area contributed by atoms with Crippen molar-refractivity contribution in [2.45, 2.75) is 30.4 Å². The van der Waals surface area contributed by atoms with Gasteiger partial charge in [0.25, 0.3) is 5.91 Å². The number of carbonyl (C=O) groups is 1. The first-order chi connectivity index (χ1) is 9.04. The minimum atomic E-state index is -0.329. The highest BCUT2D eigenvalue weighted by atomic mass is 32.2. The predicted octanol–water partition coefficient (Wildman–Crippen LogP) is 2.39. The minimum absolute atomic E-state index is 0.263. The lowest BCUT2D eigenvalue weighted by Crippen LogP contribution is -2.13. The first-order valence-electron chi connectivity index (χ1n) is 5.65. The van der Waals surface area contributed by atoms with Gasteiger partial charge in [-0.1, -0.05) is 36.9 Å². The molecule has 100 valence electrons. The number of hydrogen-bond acceptors (Lipinski definition) is 7. The average Bonchev–Trinajstić information content (AvgIpc) is 2.76. The van der Waals surface area contributed by atoms with Gasteiger partial charge in [-0.25, -0.2) is 4.98 Å². The number of nitrogens with one attached hydrogen (secondary N) is 1. The van der Waals surface area contributed by atoms with Crippen molar-refractivity contribution in [3.8, 4) is 0 Å². The van der Waals surface area contributed by atoms with Gasteiger partial charge in [-0.2, -0.15) is 0 Å². The fourth-order valence-electron chi connectivity index (χ4n) is 1.18. The van der Waals surface area contributed by atoms with Gasteiger partial charge in [0, 0.05) is 11.4 Å². The van der Waals surface area contributed by atoms with Crippen molar-refractivity contribution in [3.05, 3.63) is 23.8 Å². The van der Waals surface area contributed by atoms with Gasteiger partial charge in [0.2, 0.25) is 5.13 Å². The van der Waals surface area contributed by atoms with E-state index in [1.54, 1.807) is 18.0 Å². The molecule has 0 unspecified atom stereocenters. The second-order valence-electron chi connectivity index (χ2n) is 4.04. The summed E-state index contributed by atoms with van der Waals surface area (Å²) in [4.78, 5) is 19.9. The Bertz CT molecular complexity index is 567. The Balaban J connectivity index is 2.02. The monoisotopic (exact) mass is 295 g/mol. The smallest absolute Gasteiger partial charge is 0.277 e. The highest BCUT2D eigenvalue weighted by Gasteiger charge is 2.12. The maximum atomic E-state index is 11.9. The maximum Gasteiger partial charge on any atom is 0.277 e. The van der Waals surface area contributed by atoms with Crippen molar-refractivity contribution in [1.82, 2.24) is 20.2 Å². The van der Waals surface area contributed by atoms with Crippen molar-refractivity contribution >= 4 is 34.1 Å². The van der Waals surface area contributed by atoms with Crippen LogP contribution in [-0.2, 0) is 0 Å². The molecule has 0 aliphatic heterocycles. The van der Waals surface area contributed by atoms with Gasteiger partial charge < -0.3 is 0 Å². The molecule has 0 aliphatic carbocycles. The Morgan fingerprint density at radius 1 is 1.32 bits per heavy atom. The number of thioether (sulfide) groups is 1. The second-order valence-corrected chi connectivity index (χ2v) is 6.84. The van der Waals surface area contributed by atoms with Crippen LogP contribution in [0.15, 0.2) is 16.7 Å². The molecule has 0 atom stereocenters. The molecule has 0 saturated carbocycles. The molecule has 1 N–H and O–H groups in total. The van der Waals surface area contributed by atoms with Crippen molar-refractivity contribution < 1.29 is 4.79 Å². The number of aromatic nitrogens is 4. The van der Waals surface area contributed by atoms with E-state index in [-0.39, 0.29) is 11.6 Å². The number of hydrogen-bond donors (Lipinski definition) is 1. The van der Waals surface area contributed by atoms with E-state index in [1.165, 1.54) is 17.5 Å². The molecular weight excluding hydrogens is 282 g/mol. The van der Waals surface area contributed by atoms with Crippen molar-refractivity contribution in [2.24, 2.45) is 0 Å². The number of carbonyl (C=O) groups excluding carboxylic acids is 1. The van der Waals surface area contributed by atoms with Crippen LogP contribution in [0.3, 0.4) is 0 Å². The summed E-state index contributed by atoms with van der Waals surface area (Å²) in [5.74, 6) is -0.329. The van der Waals surface area contributed by atoms with Crippen LogP contribution in [0.25, 0.3) is 0 Å². The van der Waals surface area contributed by atoms with E-state index in [0.717, 1.165) is 10.0 Å². The number of rotatable bonds is 4. The molecule has 0 aromatic carbocycles. The Morgan fingerprint density at radius 3 is 2.74 bits per heavy atom. The highest BCUT2D eigenvalue weighted by Crippen LogP contribution is 2.28. The maximum absolute atomic E-state index is 11.9. The third-order valence-corrected chi connectivity index (χ3v) is 3.90. The van der Waals surface area contributed by atoms with Gasteiger partial charge in [0.1, 0.15) is 5.69 Å². The van der Waals surface area contributed by atoms with Gasteiger partial charge in [-0.05, 0) is 6.92 Å². The largest absolute Gasteiger partial charge is 0.295 e. The topological polar surface area (TPSA) is 80.7 Å². The van der Waals surface area contributed by atoms with E-state index in [9.17, 15) is 4.79 Å². The van der Waals surface area contributed by atoms with Gasteiger partial charge in [-0.3, -0.25) is 15.1 Å². The molecule has 0 saturated heterocycles. The number of anilines is 1. The summed E-state index contributed by atoms with van der Waals surface area (Å²) in [5, 5.41) is 11.5. The van der Waals surface area contributed by atoms with Crippen LogP contribution in [0.5, 0.6) is 0 Å². The van der Waals surface area contributed by atoms with E-state index in [1.807, 2.05) is 6.92 Å². The summed E-state index contributed by atoms with van der Waals surface area (Å²) < 4.78 is 0.834. The molecule has 2 rings (SSSR count). The van der Waals surface area contributed by atoms with Crippen molar-refractivity contribution in [3.63, 3.8) is 0 Å². The lowest BCUT2D eigenvalue weighted by molar-refractivity contribution is 0.102. The molecule has 0 aliphatic rings. The fourth-order valence-corrected chi connectivity index (χ4v) is 3.15. The van der Waals surface area contributed by atoms with E-state index < -0.39 is 0 Å². The van der Waals surface area contributed by atoms with Crippen LogP contribution in [-0.4, -0.2) is 31.3 Å². The third-order valence-electron chi connectivity index (χ3n) is 1.98. The van der Waals surface area contributed by atoms with Crippen molar-refractivity contribution in [2.75, 3.05) is 5.32 Å². The standard InChI is InChI=1S/C11H13N5OS2/c1-6(2)18-11-16-15-10(19-11)14-9(17)8-5-12-7(3)4-13-8/h4-6H,1-3H3,(H,14,15,17). The van der Waals surface area contributed by atoms with Gasteiger partial charge in [-0.15, -0.1) is 10.2 Å². The van der Waals surface area contributed by atoms with Gasteiger partial charge >= 0.3 is 0 Å². The molecule has 0 bridgehead atoms. The van der Waals surface area contributed by atoms with Gasteiger partial charge in [0.15, 0.2) is 4.34 Å². The molecule has 19 heavy (non-hydrogen) atoms. The van der Waals surface area contributed by atoms with Crippen LogP contribution in [0.4, 0.5) is 5.13 Å². The van der Waals surface area contributed by atoms with E-state index >= 15 is 0 Å². The lowest BCUT2D eigenvalue weighted by Gasteiger charge is -2.00. The third kappa shape index (κ3) is 3.97. The zero-order valence-electron chi connectivity index (χ0n) is 10.7. The Morgan fingerprint density at radius 2 is 2.11 bits per heavy atom. The minimum Gasteiger partial charge on any atom is -0.295 e. The summed E-state index contributed by atoms with van der Waals surface area (Å²) in [6.07, 6.45) is 2.99. The highest BCUT2D eigenvalue weighted by molar-refractivity contribution is 8.01. The summed E-state index contributed by atoms with van der Waals surface area (Å²) >= 11 is 2.96. The zero-order chi connectivity index (χ0) is 13.8. The van der Waals surface area contributed by atoms with E-state index in [4.69, 9.17) is 0 Å². The Hall–Kier alpha value is -1.54. The number of aryl methyl sites for hydroxylation is 1. The normalized spacial score (nSPS) is 10.7. The first-order valence-corrected chi connectivity index (χ1v) is 7.34. The molecule has 0 fully saturated rings. The van der Waals surface area contributed by atoms with Crippen LogP contribution >= 0.6 is 23.1 Å². The fraction of sp³-hybridized carbons (Fsp3) is 0.364. The van der Waals surface area contributed by atoms with Crippen LogP contribution in [0.2, 0.25) is 0 Å². The van der Waals surface area contributed by atoms with E-state index in [0.29, 0.717) is 10.4 Å². The molecule has 2 aromatic heterocycles. The molecule has 6 nitrogen and oxygen atoms in total. The van der Waals surface area contributed by atoms with Crippen molar-refractivity contribution in [1.29, 1.82) is 0 Å². The summed E-state index contributed by atoms with van der Waals surface area (Å²) in [7, 11) is 0. The van der Waals surface area contributed by atoms with E-state index in [2.05, 4.69) is 39.3 Å². The molecule has 8 heteroatoms. The van der Waals surface area contributed by atoms with Crippen LogP contribution in [0, 0.1) is 6.92 Å². The first kappa shape index (κ1) is 13.9. The Kier molecular flexibility index (Phi) is 4.43. The Labute approximate surface area is 119 Å². The molecule has 2 aromatic rings.